The molecule has 0 aliphatic heterocycles. The van der Waals surface area contributed by atoms with Crippen molar-refractivity contribution in [1.82, 2.24) is 15.0 Å². The van der Waals surface area contributed by atoms with Crippen LogP contribution < -0.4 is 0 Å². The van der Waals surface area contributed by atoms with Gasteiger partial charge in [-0.25, -0.2) is 0 Å². The summed E-state index contributed by atoms with van der Waals surface area (Å²) in [5.74, 6) is 0.00751. The van der Waals surface area contributed by atoms with Crippen LogP contribution in [-0.2, 0) is 11.3 Å². The summed E-state index contributed by atoms with van der Waals surface area (Å²) >= 11 is 5.98. The highest BCUT2D eigenvalue weighted by atomic mass is 35.5. The SMILES string of the molecule is CC(=O)/C=C/c1ccc(Cl)cc1Cn1nccn1. The van der Waals surface area contributed by atoms with Gasteiger partial charge in [0.05, 0.1) is 18.9 Å². The average Bonchev–Trinajstić information content (AvgIpc) is 2.80. The second kappa shape index (κ2) is 5.60. The minimum absolute atomic E-state index is 0.00751. The number of carbonyl (C=O) groups is 1. The molecule has 0 fully saturated rings. The molecule has 0 N–H and O–H groups in total. The number of aromatic nitrogens is 3. The molecule has 0 radical (unpaired) electrons. The molecule has 92 valence electrons. The van der Waals surface area contributed by atoms with Gasteiger partial charge in [0.1, 0.15) is 0 Å². The van der Waals surface area contributed by atoms with E-state index >= 15 is 0 Å². The van der Waals surface area contributed by atoms with Gasteiger partial charge in [-0.15, -0.1) is 0 Å². The maximum Gasteiger partial charge on any atom is 0.152 e. The second-order valence-corrected chi connectivity index (χ2v) is 4.28. The fourth-order valence-corrected chi connectivity index (χ4v) is 1.75. The Morgan fingerprint density at radius 2 is 2.11 bits per heavy atom. The van der Waals surface area contributed by atoms with Crippen molar-refractivity contribution < 1.29 is 4.79 Å². The third kappa shape index (κ3) is 3.28. The molecule has 0 bridgehead atoms. The molecule has 0 atom stereocenters. The summed E-state index contributed by atoms with van der Waals surface area (Å²) in [7, 11) is 0. The Balaban J connectivity index is 2.31. The average molecular weight is 262 g/mol. The van der Waals surface area contributed by atoms with Crippen LogP contribution in [-0.4, -0.2) is 20.8 Å². The van der Waals surface area contributed by atoms with Gasteiger partial charge in [0.15, 0.2) is 5.78 Å². The van der Waals surface area contributed by atoms with Crippen molar-refractivity contribution in [2.45, 2.75) is 13.5 Å². The van der Waals surface area contributed by atoms with E-state index in [0.29, 0.717) is 11.6 Å². The zero-order valence-electron chi connectivity index (χ0n) is 9.88. The Kier molecular flexibility index (Phi) is 3.89. The molecule has 2 aromatic rings. The van der Waals surface area contributed by atoms with Gasteiger partial charge < -0.3 is 0 Å². The van der Waals surface area contributed by atoms with Crippen LogP contribution in [0.3, 0.4) is 0 Å². The van der Waals surface area contributed by atoms with Gasteiger partial charge in [0.2, 0.25) is 0 Å². The van der Waals surface area contributed by atoms with Gasteiger partial charge in [-0.2, -0.15) is 15.0 Å². The molecular weight excluding hydrogens is 250 g/mol. The molecule has 2 rings (SSSR count). The summed E-state index contributed by atoms with van der Waals surface area (Å²) in [5.41, 5.74) is 1.91. The van der Waals surface area contributed by atoms with Crippen molar-refractivity contribution >= 4 is 23.5 Å². The number of ketones is 1. The lowest BCUT2D eigenvalue weighted by Gasteiger charge is -2.06. The Hall–Kier alpha value is -1.94. The molecule has 0 saturated carbocycles. The summed E-state index contributed by atoms with van der Waals surface area (Å²) in [6.07, 6.45) is 6.55. The van der Waals surface area contributed by atoms with Crippen LogP contribution in [0.5, 0.6) is 0 Å². The monoisotopic (exact) mass is 261 g/mol. The van der Waals surface area contributed by atoms with Crippen LogP contribution in [0.4, 0.5) is 0 Å². The third-order valence-corrected chi connectivity index (χ3v) is 2.62. The summed E-state index contributed by atoms with van der Waals surface area (Å²) < 4.78 is 0. The minimum Gasteiger partial charge on any atom is -0.295 e. The van der Waals surface area contributed by atoms with E-state index in [1.54, 1.807) is 29.3 Å². The Morgan fingerprint density at radius 1 is 1.39 bits per heavy atom. The molecule has 4 nitrogen and oxygen atoms in total. The molecule has 0 unspecified atom stereocenters. The minimum atomic E-state index is 0.00751. The van der Waals surface area contributed by atoms with Gasteiger partial charge in [-0.05, 0) is 36.3 Å². The predicted molar refractivity (Wildman–Crippen MR) is 70.3 cm³/mol. The predicted octanol–water partition coefficient (Wildman–Crippen LogP) is 2.58. The Bertz CT molecular complexity index is 576. The first-order valence-electron chi connectivity index (χ1n) is 5.46. The molecule has 0 spiro atoms. The highest BCUT2D eigenvalue weighted by Gasteiger charge is 2.03. The fraction of sp³-hybridized carbons (Fsp3) is 0.154. The van der Waals surface area contributed by atoms with Gasteiger partial charge in [-0.3, -0.25) is 4.79 Å². The van der Waals surface area contributed by atoms with E-state index in [2.05, 4.69) is 10.2 Å². The fourth-order valence-electron chi connectivity index (χ4n) is 1.56. The summed E-state index contributed by atoms with van der Waals surface area (Å²) in [5, 5.41) is 8.75. The van der Waals surface area contributed by atoms with Gasteiger partial charge in [-0.1, -0.05) is 23.7 Å². The number of hydrogen-bond donors (Lipinski definition) is 0. The van der Waals surface area contributed by atoms with Crippen LogP contribution in [0.2, 0.25) is 5.02 Å². The van der Waals surface area contributed by atoms with Crippen LogP contribution in [0, 0.1) is 0 Å². The maximum absolute atomic E-state index is 11.0. The number of benzene rings is 1. The smallest absolute Gasteiger partial charge is 0.152 e. The van der Waals surface area contributed by atoms with E-state index in [9.17, 15) is 4.79 Å². The zero-order chi connectivity index (χ0) is 13.0. The summed E-state index contributed by atoms with van der Waals surface area (Å²) in [4.78, 5) is 12.5. The summed E-state index contributed by atoms with van der Waals surface area (Å²) in [6, 6.07) is 5.52. The number of carbonyl (C=O) groups excluding carboxylic acids is 1. The van der Waals surface area contributed by atoms with Crippen molar-refractivity contribution in [3.8, 4) is 0 Å². The molecule has 18 heavy (non-hydrogen) atoms. The van der Waals surface area contributed by atoms with Crippen LogP contribution >= 0.6 is 11.6 Å². The molecule has 1 heterocycles. The number of rotatable bonds is 4. The lowest BCUT2D eigenvalue weighted by atomic mass is 10.1. The topological polar surface area (TPSA) is 47.8 Å². The van der Waals surface area contributed by atoms with Crippen molar-refractivity contribution in [2.75, 3.05) is 0 Å². The lowest BCUT2D eigenvalue weighted by molar-refractivity contribution is -0.112. The van der Waals surface area contributed by atoms with E-state index in [1.165, 1.54) is 13.0 Å². The number of allylic oxidation sites excluding steroid dienone is 1. The Labute approximate surface area is 110 Å². The van der Waals surface area contributed by atoms with E-state index in [-0.39, 0.29) is 5.78 Å². The summed E-state index contributed by atoms with van der Waals surface area (Å²) in [6.45, 7) is 2.03. The normalized spacial score (nSPS) is 11.0. The van der Waals surface area contributed by atoms with Crippen molar-refractivity contribution in [2.24, 2.45) is 0 Å². The van der Waals surface area contributed by atoms with Gasteiger partial charge in [0, 0.05) is 5.02 Å². The molecule has 5 heteroatoms. The highest BCUT2D eigenvalue weighted by Crippen LogP contribution is 2.18. The first-order valence-corrected chi connectivity index (χ1v) is 5.84. The highest BCUT2D eigenvalue weighted by molar-refractivity contribution is 6.30. The first kappa shape index (κ1) is 12.5. The van der Waals surface area contributed by atoms with Crippen molar-refractivity contribution in [3.63, 3.8) is 0 Å². The maximum atomic E-state index is 11.0. The van der Waals surface area contributed by atoms with E-state index < -0.39 is 0 Å². The molecule has 0 saturated heterocycles. The van der Waals surface area contributed by atoms with E-state index in [4.69, 9.17) is 11.6 Å². The number of halogens is 1. The first-order chi connectivity index (χ1) is 8.65. The molecular formula is C13H12ClN3O. The molecule has 0 aliphatic rings. The number of nitrogens with zero attached hydrogens (tertiary/aromatic N) is 3. The van der Waals surface area contributed by atoms with E-state index in [0.717, 1.165) is 11.1 Å². The van der Waals surface area contributed by atoms with Crippen LogP contribution in [0.15, 0.2) is 36.7 Å². The second-order valence-electron chi connectivity index (χ2n) is 3.85. The third-order valence-electron chi connectivity index (χ3n) is 2.38. The lowest BCUT2D eigenvalue weighted by Crippen LogP contribution is -2.05. The Morgan fingerprint density at radius 3 is 2.78 bits per heavy atom. The van der Waals surface area contributed by atoms with Crippen molar-refractivity contribution in [1.29, 1.82) is 0 Å². The van der Waals surface area contributed by atoms with Crippen molar-refractivity contribution in [3.05, 3.63) is 52.8 Å². The molecule has 0 aliphatic carbocycles. The van der Waals surface area contributed by atoms with Crippen LogP contribution in [0.25, 0.3) is 6.08 Å². The van der Waals surface area contributed by atoms with Crippen LogP contribution in [0.1, 0.15) is 18.1 Å². The number of hydrogen-bond acceptors (Lipinski definition) is 3. The van der Waals surface area contributed by atoms with E-state index in [1.807, 2.05) is 12.1 Å². The van der Waals surface area contributed by atoms with Gasteiger partial charge >= 0.3 is 0 Å². The largest absolute Gasteiger partial charge is 0.295 e. The standard InChI is InChI=1S/C13H12ClN3O/c1-10(18)2-3-11-4-5-13(14)8-12(11)9-17-15-6-7-16-17/h2-8H,9H2,1H3/b3-2+. The molecule has 0 amide bonds. The zero-order valence-corrected chi connectivity index (χ0v) is 10.6. The quantitative estimate of drug-likeness (QED) is 0.795. The van der Waals surface area contributed by atoms with Gasteiger partial charge in [0.25, 0.3) is 0 Å². The molecule has 1 aromatic carbocycles. The molecule has 1 aromatic heterocycles.